The van der Waals surface area contributed by atoms with E-state index < -0.39 is 5.97 Å². The molecule has 0 saturated heterocycles. The van der Waals surface area contributed by atoms with Crippen LogP contribution >= 0.6 is 27.5 Å². The van der Waals surface area contributed by atoms with E-state index in [0.717, 1.165) is 6.08 Å². The Morgan fingerprint density at radius 2 is 2.05 bits per heavy atom. The van der Waals surface area contributed by atoms with Crippen molar-refractivity contribution in [3.8, 4) is 11.8 Å². The quantitative estimate of drug-likeness (QED) is 0.845. The molecule has 0 amide bonds. The maximum Gasteiger partial charge on any atom is 0.328 e. The first-order valence-electron chi connectivity index (χ1n) is 5.40. The molecule has 0 unspecified atom stereocenters. The third-order valence-electron chi connectivity index (χ3n) is 2.16. The van der Waals surface area contributed by atoms with Crippen LogP contribution in [0.25, 0.3) is 6.08 Å². The van der Waals surface area contributed by atoms with Crippen LogP contribution in [0.3, 0.4) is 0 Å². The molecule has 0 spiro atoms. The van der Waals surface area contributed by atoms with Crippen molar-refractivity contribution in [1.82, 2.24) is 9.97 Å². The lowest BCUT2D eigenvalue weighted by Gasteiger charge is -2.05. The van der Waals surface area contributed by atoms with Gasteiger partial charge in [-0.2, -0.15) is 0 Å². The Morgan fingerprint density at radius 1 is 1.35 bits per heavy atom. The fraction of sp³-hybridized carbons (Fsp3) is 0. The topological polar surface area (TPSA) is 72.3 Å². The predicted octanol–water partition coefficient (Wildman–Crippen LogP) is 3.78. The summed E-state index contributed by atoms with van der Waals surface area (Å²) in [6.07, 6.45) is 5.33. The van der Waals surface area contributed by atoms with Crippen LogP contribution in [-0.2, 0) is 4.79 Å². The second kappa shape index (κ2) is 6.49. The highest BCUT2D eigenvalue weighted by molar-refractivity contribution is 9.10. The van der Waals surface area contributed by atoms with Gasteiger partial charge >= 0.3 is 12.0 Å². The average Bonchev–Trinajstić information content (AvgIpc) is 2.41. The van der Waals surface area contributed by atoms with Gasteiger partial charge < -0.3 is 9.84 Å². The Bertz CT molecular complexity index is 659. The van der Waals surface area contributed by atoms with Gasteiger partial charge in [-0.15, -0.1) is 0 Å². The Hall–Kier alpha value is -1.92. The van der Waals surface area contributed by atoms with E-state index in [2.05, 4.69) is 25.9 Å². The highest BCUT2D eigenvalue weighted by Gasteiger charge is 2.05. The van der Waals surface area contributed by atoms with Gasteiger partial charge in [-0.1, -0.05) is 11.6 Å². The fourth-order valence-electron chi connectivity index (χ4n) is 1.29. The first kappa shape index (κ1) is 14.5. The minimum Gasteiger partial charge on any atom is -0.478 e. The molecule has 0 radical (unpaired) electrons. The van der Waals surface area contributed by atoms with Gasteiger partial charge in [-0.05, 0) is 40.2 Å². The third kappa shape index (κ3) is 4.04. The SMILES string of the molecule is O=C(O)/C=C/c1cnc(Oc2ccc(Cl)cc2Br)nc1. The van der Waals surface area contributed by atoms with Gasteiger partial charge in [-0.3, -0.25) is 0 Å². The number of carboxylic acids is 1. The molecule has 1 N–H and O–H groups in total. The van der Waals surface area contributed by atoms with Crippen LogP contribution in [0.2, 0.25) is 5.02 Å². The summed E-state index contributed by atoms with van der Waals surface area (Å²) in [5, 5.41) is 9.09. The molecule has 102 valence electrons. The summed E-state index contributed by atoms with van der Waals surface area (Å²) in [4.78, 5) is 18.3. The monoisotopic (exact) mass is 354 g/mol. The molecule has 0 saturated carbocycles. The zero-order valence-corrected chi connectivity index (χ0v) is 12.3. The fourth-order valence-corrected chi connectivity index (χ4v) is 2.05. The Kier molecular flexibility index (Phi) is 4.70. The summed E-state index contributed by atoms with van der Waals surface area (Å²) in [7, 11) is 0. The molecule has 0 aliphatic heterocycles. The molecule has 0 atom stereocenters. The number of aliphatic carboxylic acids is 1. The number of hydrogen-bond donors (Lipinski definition) is 1. The molecule has 0 aliphatic rings. The summed E-state index contributed by atoms with van der Waals surface area (Å²) in [6.45, 7) is 0. The third-order valence-corrected chi connectivity index (χ3v) is 3.02. The molecule has 5 nitrogen and oxygen atoms in total. The van der Waals surface area contributed by atoms with Crippen LogP contribution in [0.1, 0.15) is 5.56 Å². The van der Waals surface area contributed by atoms with Crippen molar-refractivity contribution in [2.75, 3.05) is 0 Å². The van der Waals surface area contributed by atoms with E-state index in [1.165, 1.54) is 18.5 Å². The molecule has 1 aromatic heterocycles. The second-order valence-corrected chi connectivity index (χ2v) is 4.94. The summed E-state index contributed by atoms with van der Waals surface area (Å²) >= 11 is 9.15. The normalized spacial score (nSPS) is 10.7. The van der Waals surface area contributed by atoms with Gasteiger partial charge in [0.2, 0.25) is 0 Å². The maximum absolute atomic E-state index is 10.4. The Labute approximate surface area is 128 Å². The summed E-state index contributed by atoms with van der Waals surface area (Å²) in [6, 6.07) is 5.22. The smallest absolute Gasteiger partial charge is 0.328 e. The lowest BCUT2D eigenvalue weighted by atomic mass is 10.3. The van der Waals surface area contributed by atoms with Gasteiger partial charge in [0.15, 0.2) is 0 Å². The first-order chi connectivity index (χ1) is 9.54. The van der Waals surface area contributed by atoms with Crippen LogP contribution in [0, 0.1) is 0 Å². The number of carboxylic acid groups (broad SMARTS) is 1. The molecule has 0 fully saturated rings. The van der Waals surface area contributed by atoms with Crippen molar-refractivity contribution < 1.29 is 14.6 Å². The standard InChI is InChI=1S/C13H8BrClN2O3/c14-10-5-9(15)2-3-11(10)20-13-16-6-8(7-17-13)1-4-12(18)19/h1-7H,(H,18,19)/b4-1+. The van der Waals surface area contributed by atoms with Crippen LogP contribution in [0.4, 0.5) is 0 Å². The lowest BCUT2D eigenvalue weighted by Crippen LogP contribution is -1.93. The molecule has 1 heterocycles. The minimum atomic E-state index is -1.03. The molecular formula is C13H8BrClN2O3. The summed E-state index contributed by atoms with van der Waals surface area (Å²) in [5.41, 5.74) is 0.565. The largest absolute Gasteiger partial charge is 0.478 e. The van der Waals surface area contributed by atoms with Crippen molar-refractivity contribution in [2.24, 2.45) is 0 Å². The van der Waals surface area contributed by atoms with E-state index in [9.17, 15) is 4.79 Å². The average molecular weight is 356 g/mol. The zero-order chi connectivity index (χ0) is 14.5. The van der Waals surface area contributed by atoms with Gasteiger partial charge in [0.1, 0.15) is 5.75 Å². The first-order valence-corrected chi connectivity index (χ1v) is 6.57. The van der Waals surface area contributed by atoms with E-state index in [1.807, 2.05) is 0 Å². The predicted molar refractivity (Wildman–Crippen MR) is 77.9 cm³/mol. The number of nitrogens with zero attached hydrogens (tertiary/aromatic N) is 2. The van der Waals surface area contributed by atoms with Gasteiger partial charge in [0.25, 0.3) is 0 Å². The van der Waals surface area contributed by atoms with E-state index in [-0.39, 0.29) is 6.01 Å². The van der Waals surface area contributed by atoms with Crippen molar-refractivity contribution in [3.63, 3.8) is 0 Å². The number of halogens is 2. The lowest BCUT2D eigenvalue weighted by molar-refractivity contribution is -0.131. The highest BCUT2D eigenvalue weighted by atomic mass is 79.9. The number of hydrogen-bond acceptors (Lipinski definition) is 4. The zero-order valence-electron chi connectivity index (χ0n) is 9.96. The van der Waals surface area contributed by atoms with Crippen molar-refractivity contribution in [3.05, 3.63) is 51.7 Å². The van der Waals surface area contributed by atoms with E-state index >= 15 is 0 Å². The number of carbonyl (C=O) groups is 1. The molecular weight excluding hydrogens is 348 g/mol. The van der Waals surface area contributed by atoms with Crippen LogP contribution < -0.4 is 4.74 Å². The molecule has 0 aliphatic carbocycles. The van der Waals surface area contributed by atoms with E-state index in [4.69, 9.17) is 21.4 Å². The van der Waals surface area contributed by atoms with E-state index in [1.54, 1.807) is 18.2 Å². The molecule has 0 bridgehead atoms. The number of aromatic nitrogens is 2. The van der Waals surface area contributed by atoms with E-state index in [0.29, 0.717) is 20.8 Å². The van der Waals surface area contributed by atoms with Gasteiger partial charge in [-0.25, -0.2) is 14.8 Å². The Balaban J connectivity index is 2.12. The molecule has 20 heavy (non-hydrogen) atoms. The highest BCUT2D eigenvalue weighted by Crippen LogP contribution is 2.30. The van der Waals surface area contributed by atoms with Crippen molar-refractivity contribution >= 4 is 39.6 Å². The number of rotatable bonds is 4. The summed E-state index contributed by atoms with van der Waals surface area (Å²) in [5.74, 6) is -0.501. The maximum atomic E-state index is 10.4. The van der Waals surface area contributed by atoms with Crippen LogP contribution in [-0.4, -0.2) is 21.0 Å². The van der Waals surface area contributed by atoms with Crippen molar-refractivity contribution in [1.29, 1.82) is 0 Å². The molecule has 7 heteroatoms. The van der Waals surface area contributed by atoms with Gasteiger partial charge in [0.05, 0.1) is 4.47 Å². The number of ether oxygens (including phenoxy) is 1. The minimum absolute atomic E-state index is 0.153. The molecule has 2 aromatic rings. The molecule has 1 aromatic carbocycles. The van der Waals surface area contributed by atoms with Crippen LogP contribution in [0.5, 0.6) is 11.8 Å². The Morgan fingerprint density at radius 3 is 2.65 bits per heavy atom. The van der Waals surface area contributed by atoms with Crippen LogP contribution in [0.15, 0.2) is 41.1 Å². The van der Waals surface area contributed by atoms with Gasteiger partial charge in [0, 0.05) is 29.1 Å². The number of benzene rings is 1. The molecule has 2 rings (SSSR count). The summed E-state index contributed by atoms with van der Waals surface area (Å²) < 4.78 is 6.16. The second-order valence-electron chi connectivity index (χ2n) is 3.65. The van der Waals surface area contributed by atoms with Crippen molar-refractivity contribution in [2.45, 2.75) is 0 Å².